The van der Waals surface area contributed by atoms with Gasteiger partial charge < -0.3 is 5.73 Å². The van der Waals surface area contributed by atoms with E-state index in [1.54, 1.807) is 0 Å². The summed E-state index contributed by atoms with van der Waals surface area (Å²) in [6.07, 6.45) is -11.6. The second-order valence-corrected chi connectivity index (χ2v) is 4.15. The van der Waals surface area contributed by atoms with Crippen LogP contribution in [-0.4, -0.2) is 6.18 Å². The van der Waals surface area contributed by atoms with Crippen molar-refractivity contribution in [1.82, 2.24) is 0 Å². The van der Waals surface area contributed by atoms with Crippen molar-refractivity contribution >= 4 is 24.0 Å². The monoisotopic (exact) mass is 345 g/mol. The van der Waals surface area contributed by atoms with Gasteiger partial charge in [0.05, 0.1) is 17.0 Å². The first-order valence-electron chi connectivity index (χ1n) is 4.81. The average Bonchev–Trinajstić information content (AvgIpc) is 2.17. The molecule has 1 nitrogen and oxygen atoms in total. The van der Waals surface area contributed by atoms with Crippen LogP contribution in [0.15, 0.2) is 12.1 Å². The van der Waals surface area contributed by atoms with Gasteiger partial charge in [0.15, 0.2) is 0 Å². The van der Waals surface area contributed by atoms with Crippen LogP contribution in [0.5, 0.6) is 0 Å². The molecule has 0 heterocycles. The average molecular weight is 346 g/mol. The van der Waals surface area contributed by atoms with Gasteiger partial charge in [-0.2, -0.15) is 26.3 Å². The lowest BCUT2D eigenvalue weighted by Crippen LogP contribution is -2.24. The summed E-state index contributed by atoms with van der Waals surface area (Å²) in [5.41, 5.74) is 2.19. The van der Waals surface area contributed by atoms with Crippen LogP contribution in [0.25, 0.3) is 0 Å². The molecule has 0 aromatic heterocycles. The lowest BCUT2D eigenvalue weighted by molar-refractivity contribution is -0.145. The zero-order valence-corrected chi connectivity index (χ0v) is 11.0. The molecule has 2 N–H and O–H groups in total. The maximum atomic E-state index is 13.5. The largest absolute Gasteiger partial charge is 0.416 e. The number of hydrogen-bond donors (Lipinski definition) is 1. The number of benzene rings is 1. The minimum absolute atomic E-state index is 0. The lowest BCUT2D eigenvalue weighted by Gasteiger charge is -2.20. The van der Waals surface area contributed by atoms with Crippen LogP contribution in [0.1, 0.15) is 23.6 Å². The van der Waals surface area contributed by atoms with E-state index in [0.29, 0.717) is 12.1 Å². The number of alkyl halides is 6. The zero-order valence-electron chi connectivity index (χ0n) is 9.45. The molecule has 0 bridgehead atoms. The van der Waals surface area contributed by atoms with E-state index in [1.165, 1.54) is 0 Å². The van der Waals surface area contributed by atoms with Gasteiger partial charge in [0.2, 0.25) is 0 Å². The summed E-state index contributed by atoms with van der Waals surface area (Å²) in [5.74, 6) is -1.59. The first-order valence-corrected chi connectivity index (χ1v) is 5.18. The predicted molar refractivity (Wildman–Crippen MR) is 61.3 cm³/mol. The first kappa shape index (κ1) is 19.3. The number of nitrogens with two attached hydrogens (primary N) is 1. The van der Waals surface area contributed by atoms with Crippen molar-refractivity contribution in [3.8, 4) is 0 Å². The van der Waals surface area contributed by atoms with Crippen molar-refractivity contribution in [3.05, 3.63) is 34.1 Å². The number of hydrogen-bond acceptors (Lipinski definition) is 1. The van der Waals surface area contributed by atoms with Crippen molar-refractivity contribution in [2.75, 3.05) is 0 Å². The quantitative estimate of drug-likeness (QED) is 0.760. The fraction of sp³-hybridized carbons (Fsp3) is 0.400. The van der Waals surface area contributed by atoms with Crippen molar-refractivity contribution in [2.24, 2.45) is 5.73 Å². The number of rotatable bonds is 2. The number of halogens is 9. The van der Waals surface area contributed by atoms with E-state index in [4.69, 9.17) is 17.3 Å². The topological polar surface area (TPSA) is 26.0 Å². The van der Waals surface area contributed by atoms with Crippen LogP contribution < -0.4 is 5.73 Å². The first-order chi connectivity index (χ1) is 8.43. The summed E-state index contributed by atoms with van der Waals surface area (Å²) in [4.78, 5) is 0. The molecule has 1 rings (SSSR count). The SMILES string of the molecule is Cl.N[C@@H](CC(F)(F)F)c1c(C(F)(F)F)ccc(Cl)c1F. The van der Waals surface area contributed by atoms with Gasteiger partial charge >= 0.3 is 12.4 Å². The normalized spacial score (nSPS) is 13.8. The second kappa shape index (κ2) is 6.36. The molecule has 0 spiro atoms. The zero-order chi connectivity index (χ0) is 15.0. The molecule has 1 atom stereocenters. The second-order valence-electron chi connectivity index (χ2n) is 3.75. The molecule has 1 aromatic carbocycles. The standard InChI is InChI=1S/C10H7ClF7N.ClH/c11-5-2-1-4(10(16,17)18)7(8(5)12)6(19)3-9(13,14)15;/h1-2,6H,3,19H2;1H/t6-;/m0./s1. The highest BCUT2D eigenvalue weighted by atomic mass is 35.5. The summed E-state index contributed by atoms with van der Waals surface area (Å²) in [6, 6.07) is -1.17. The molecule has 1 aromatic rings. The van der Waals surface area contributed by atoms with E-state index in [-0.39, 0.29) is 12.4 Å². The molecule has 0 saturated carbocycles. The fourth-order valence-corrected chi connectivity index (χ4v) is 1.69. The molecule has 0 radical (unpaired) electrons. The predicted octanol–water partition coefficient (Wildman–Crippen LogP) is 4.87. The van der Waals surface area contributed by atoms with E-state index in [1.807, 2.05) is 0 Å². The molecule has 0 aliphatic heterocycles. The molecule has 20 heavy (non-hydrogen) atoms. The lowest BCUT2D eigenvalue weighted by atomic mass is 9.97. The summed E-state index contributed by atoms with van der Waals surface area (Å²) in [5, 5.41) is -0.722. The summed E-state index contributed by atoms with van der Waals surface area (Å²) >= 11 is 5.27. The van der Waals surface area contributed by atoms with E-state index in [9.17, 15) is 30.7 Å². The molecule has 116 valence electrons. The van der Waals surface area contributed by atoms with Crippen LogP contribution >= 0.6 is 24.0 Å². The third kappa shape index (κ3) is 4.68. The Morgan fingerprint density at radius 3 is 2.00 bits per heavy atom. The highest BCUT2D eigenvalue weighted by molar-refractivity contribution is 6.30. The fourth-order valence-electron chi connectivity index (χ4n) is 1.53. The van der Waals surface area contributed by atoms with Crippen LogP contribution in [0.3, 0.4) is 0 Å². The van der Waals surface area contributed by atoms with E-state index in [0.717, 1.165) is 0 Å². The Labute approximate surface area is 120 Å². The maximum Gasteiger partial charge on any atom is 0.416 e. The Morgan fingerprint density at radius 2 is 1.60 bits per heavy atom. The van der Waals surface area contributed by atoms with Gasteiger partial charge in [0.25, 0.3) is 0 Å². The molecule has 0 unspecified atom stereocenters. The van der Waals surface area contributed by atoms with Crippen molar-refractivity contribution < 1.29 is 30.7 Å². The Hall–Kier alpha value is -0.730. The molecule has 0 aliphatic carbocycles. The van der Waals surface area contributed by atoms with Crippen molar-refractivity contribution in [3.63, 3.8) is 0 Å². The van der Waals surface area contributed by atoms with Gasteiger partial charge in [-0.1, -0.05) is 11.6 Å². The molecular weight excluding hydrogens is 338 g/mol. The van der Waals surface area contributed by atoms with Crippen LogP contribution in [0.4, 0.5) is 30.7 Å². The maximum absolute atomic E-state index is 13.5. The molecule has 0 aliphatic rings. The Kier molecular flexibility index (Phi) is 6.13. The van der Waals surface area contributed by atoms with Gasteiger partial charge in [-0.25, -0.2) is 4.39 Å². The molecular formula is C10H8Cl2F7N. The van der Waals surface area contributed by atoms with E-state index < -0.39 is 46.8 Å². The summed E-state index contributed by atoms with van der Waals surface area (Å²) < 4.78 is 87.8. The van der Waals surface area contributed by atoms with Gasteiger partial charge in [0, 0.05) is 11.6 Å². The minimum Gasteiger partial charge on any atom is -0.324 e. The smallest absolute Gasteiger partial charge is 0.324 e. The summed E-state index contributed by atoms with van der Waals surface area (Å²) in [6.45, 7) is 0. The van der Waals surface area contributed by atoms with Crippen molar-refractivity contribution in [2.45, 2.75) is 24.8 Å². The Morgan fingerprint density at radius 1 is 1.10 bits per heavy atom. The van der Waals surface area contributed by atoms with Gasteiger partial charge in [0.1, 0.15) is 5.82 Å². The van der Waals surface area contributed by atoms with Gasteiger partial charge in [-0.15, -0.1) is 12.4 Å². The molecule has 0 saturated heterocycles. The highest BCUT2D eigenvalue weighted by Gasteiger charge is 2.40. The Balaban J connectivity index is 0.00000361. The molecule has 0 fully saturated rings. The van der Waals surface area contributed by atoms with Crippen LogP contribution in [-0.2, 0) is 6.18 Å². The van der Waals surface area contributed by atoms with Gasteiger partial charge in [-0.3, -0.25) is 0 Å². The van der Waals surface area contributed by atoms with Crippen LogP contribution in [0, 0.1) is 5.82 Å². The van der Waals surface area contributed by atoms with Crippen LogP contribution in [0.2, 0.25) is 5.02 Å². The molecule has 0 amide bonds. The van der Waals surface area contributed by atoms with E-state index in [2.05, 4.69) is 0 Å². The minimum atomic E-state index is -5.02. The third-order valence-electron chi connectivity index (χ3n) is 2.26. The third-order valence-corrected chi connectivity index (χ3v) is 2.55. The highest BCUT2D eigenvalue weighted by Crippen LogP contribution is 2.40. The van der Waals surface area contributed by atoms with Gasteiger partial charge in [-0.05, 0) is 12.1 Å². The van der Waals surface area contributed by atoms with Crippen molar-refractivity contribution in [1.29, 1.82) is 0 Å². The summed E-state index contributed by atoms with van der Waals surface area (Å²) in [7, 11) is 0. The Bertz CT molecular complexity index is 470. The molecule has 10 heteroatoms. The van der Waals surface area contributed by atoms with E-state index >= 15 is 0 Å².